The molecule has 0 radical (unpaired) electrons. The predicted molar refractivity (Wildman–Crippen MR) is 266 cm³/mol. The second kappa shape index (κ2) is 49.2. The van der Waals surface area contributed by atoms with Gasteiger partial charge in [-0.15, -0.1) is 0 Å². The SMILES string of the molecule is CCCCC/C=C/C/C=C/C/C=C/C/C=C/C/C=C/CCC(=O)O[C@H](COC(=O)CCCCCCCCCCCCCCCCCCCCCCCCC)COP(=O)(O)OCCN. The molecule has 0 amide bonds. The van der Waals surface area contributed by atoms with Crippen molar-refractivity contribution in [2.24, 2.45) is 5.73 Å². The normalized spacial score (nSPS) is 13.7. The van der Waals surface area contributed by atoms with Gasteiger partial charge >= 0.3 is 19.8 Å². The molecule has 0 fully saturated rings. The largest absolute Gasteiger partial charge is 0.472 e. The van der Waals surface area contributed by atoms with Crippen LogP contribution in [0, 0.1) is 0 Å². The third kappa shape index (κ3) is 49.0. The van der Waals surface area contributed by atoms with Gasteiger partial charge in [0.1, 0.15) is 6.61 Å². The topological polar surface area (TPSA) is 134 Å². The quantitative estimate of drug-likeness (QED) is 0.0265. The summed E-state index contributed by atoms with van der Waals surface area (Å²) in [6.45, 7) is 3.65. The monoisotopic (exact) mass is 906 g/mol. The fourth-order valence-electron chi connectivity index (χ4n) is 7.09. The van der Waals surface area contributed by atoms with Crippen LogP contribution in [0.15, 0.2) is 60.8 Å². The van der Waals surface area contributed by atoms with Crippen LogP contribution >= 0.6 is 7.82 Å². The summed E-state index contributed by atoms with van der Waals surface area (Å²) in [6.07, 6.45) is 60.0. The number of allylic oxidation sites excluding steroid dienone is 10. The Balaban J connectivity index is 4.11. The summed E-state index contributed by atoms with van der Waals surface area (Å²) in [5.41, 5.74) is 5.36. The second-order valence-electron chi connectivity index (χ2n) is 17.0. The van der Waals surface area contributed by atoms with Gasteiger partial charge in [0.05, 0.1) is 13.2 Å². The number of hydrogen-bond donors (Lipinski definition) is 2. The number of esters is 2. The lowest BCUT2D eigenvalue weighted by molar-refractivity contribution is -0.161. The van der Waals surface area contributed by atoms with Gasteiger partial charge in [0, 0.05) is 19.4 Å². The fourth-order valence-corrected chi connectivity index (χ4v) is 7.86. The van der Waals surface area contributed by atoms with Gasteiger partial charge in [0.15, 0.2) is 6.10 Å². The third-order valence-electron chi connectivity index (χ3n) is 10.9. The van der Waals surface area contributed by atoms with Crippen LogP contribution in [0.5, 0.6) is 0 Å². The van der Waals surface area contributed by atoms with Crippen molar-refractivity contribution in [3.05, 3.63) is 60.8 Å². The smallest absolute Gasteiger partial charge is 0.462 e. The molecular weight excluding hydrogens is 810 g/mol. The minimum Gasteiger partial charge on any atom is -0.462 e. The number of phosphoric acid groups is 1. The van der Waals surface area contributed by atoms with Crippen molar-refractivity contribution in [1.29, 1.82) is 0 Å². The van der Waals surface area contributed by atoms with Crippen molar-refractivity contribution in [2.45, 2.75) is 238 Å². The van der Waals surface area contributed by atoms with E-state index >= 15 is 0 Å². The molecule has 0 rings (SSSR count). The standard InChI is InChI=1S/C53H96NO8P/c1-3-5-7-9-11-13-15-17-19-21-23-24-25-26-28-29-31-33-35-37-39-41-43-45-52(55)59-49-51(50-61-63(57,58)60-48-47-54)62-53(56)46-44-42-40-38-36-34-32-30-27-22-20-18-16-14-12-10-8-6-4-2/h12,14,18,20,27,30,34,36,40,42,51H,3-11,13,15-17,19,21-26,28-29,31-33,35,37-39,41,43-50,54H2,1-2H3,(H,57,58)/b14-12+,20-18+,30-27+,36-34+,42-40+/t51-/m1/s1. The van der Waals surface area contributed by atoms with Crippen molar-refractivity contribution >= 4 is 19.8 Å². The zero-order valence-electron chi connectivity index (χ0n) is 40.6. The first-order chi connectivity index (χ1) is 30.8. The maximum absolute atomic E-state index is 12.6. The molecule has 1 unspecified atom stereocenters. The Morgan fingerprint density at radius 3 is 1.29 bits per heavy atom. The number of ether oxygens (including phenoxy) is 2. The average Bonchev–Trinajstić information content (AvgIpc) is 3.27. The van der Waals surface area contributed by atoms with Crippen LogP contribution in [0.1, 0.15) is 232 Å². The molecule has 3 N–H and O–H groups in total. The molecule has 0 bridgehead atoms. The minimum atomic E-state index is -4.40. The highest BCUT2D eigenvalue weighted by Crippen LogP contribution is 2.43. The molecule has 2 atom stereocenters. The molecule has 0 saturated carbocycles. The fraction of sp³-hybridized carbons (Fsp3) is 0.774. The molecule has 0 aliphatic rings. The highest BCUT2D eigenvalue weighted by atomic mass is 31.2. The maximum Gasteiger partial charge on any atom is 0.472 e. The van der Waals surface area contributed by atoms with Gasteiger partial charge in [0.25, 0.3) is 0 Å². The van der Waals surface area contributed by atoms with Crippen LogP contribution in [0.2, 0.25) is 0 Å². The lowest BCUT2D eigenvalue weighted by Crippen LogP contribution is -2.29. The Morgan fingerprint density at radius 1 is 0.476 bits per heavy atom. The van der Waals surface area contributed by atoms with Crippen LogP contribution in [0.4, 0.5) is 0 Å². The molecule has 0 spiro atoms. The van der Waals surface area contributed by atoms with Crippen molar-refractivity contribution < 1.29 is 37.6 Å². The maximum atomic E-state index is 12.6. The number of carbonyl (C=O) groups excluding carboxylic acids is 2. The van der Waals surface area contributed by atoms with Crippen LogP contribution in [-0.2, 0) is 32.7 Å². The van der Waals surface area contributed by atoms with Crippen LogP contribution < -0.4 is 5.73 Å². The third-order valence-corrected chi connectivity index (χ3v) is 11.9. The number of hydrogen-bond acceptors (Lipinski definition) is 8. The molecule has 10 heteroatoms. The van der Waals surface area contributed by atoms with Gasteiger partial charge < -0.3 is 20.1 Å². The summed E-state index contributed by atoms with van der Waals surface area (Å²) < 4.78 is 32.8. The summed E-state index contributed by atoms with van der Waals surface area (Å²) in [6, 6.07) is 0. The molecule has 366 valence electrons. The highest BCUT2D eigenvalue weighted by Gasteiger charge is 2.26. The van der Waals surface area contributed by atoms with Crippen molar-refractivity contribution in [1.82, 2.24) is 0 Å². The zero-order chi connectivity index (χ0) is 46.0. The Labute approximate surface area is 387 Å². The molecule has 0 aromatic rings. The number of nitrogens with two attached hydrogens (primary N) is 1. The molecule has 0 aliphatic heterocycles. The Hall–Kier alpha value is -2.29. The lowest BCUT2D eigenvalue weighted by Gasteiger charge is -2.19. The number of rotatable bonds is 48. The van der Waals surface area contributed by atoms with Crippen LogP contribution in [-0.4, -0.2) is 49.3 Å². The van der Waals surface area contributed by atoms with E-state index < -0.39 is 32.5 Å². The molecule has 0 saturated heterocycles. The van der Waals surface area contributed by atoms with E-state index in [4.69, 9.17) is 24.3 Å². The first-order valence-electron chi connectivity index (χ1n) is 25.8. The van der Waals surface area contributed by atoms with Crippen LogP contribution in [0.25, 0.3) is 0 Å². The second-order valence-corrected chi connectivity index (χ2v) is 18.5. The van der Waals surface area contributed by atoms with Gasteiger partial charge in [0.2, 0.25) is 0 Å². The van der Waals surface area contributed by atoms with E-state index in [1.807, 2.05) is 12.2 Å². The molecular formula is C53H96NO8P. The molecule has 9 nitrogen and oxygen atoms in total. The molecule has 0 aromatic heterocycles. The van der Waals surface area contributed by atoms with Gasteiger partial charge in [-0.1, -0.05) is 229 Å². The van der Waals surface area contributed by atoms with Gasteiger partial charge in [-0.2, -0.15) is 0 Å². The van der Waals surface area contributed by atoms with E-state index in [9.17, 15) is 19.0 Å². The summed E-state index contributed by atoms with van der Waals surface area (Å²) in [4.78, 5) is 35.0. The number of phosphoric ester groups is 1. The predicted octanol–water partition coefficient (Wildman–Crippen LogP) is 15.6. The van der Waals surface area contributed by atoms with E-state index in [1.165, 1.54) is 154 Å². The van der Waals surface area contributed by atoms with Crippen molar-refractivity contribution in [2.75, 3.05) is 26.4 Å². The highest BCUT2D eigenvalue weighted by molar-refractivity contribution is 7.47. The summed E-state index contributed by atoms with van der Waals surface area (Å²) >= 11 is 0. The molecule has 63 heavy (non-hydrogen) atoms. The Morgan fingerprint density at radius 2 is 0.857 bits per heavy atom. The van der Waals surface area contributed by atoms with E-state index in [2.05, 4.69) is 62.5 Å². The summed E-state index contributed by atoms with van der Waals surface area (Å²) in [5.74, 6) is -0.918. The van der Waals surface area contributed by atoms with Crippen LogP contribution in [0.3, 0.4) is 0 Å². The van der Waals surface area contributed by atoms with Crippen molar-refractivity contribution in [3.63, 3.8) is 0 Å². The van der Waals surface area contributed by atoms with E-state index in [0.717, 1.165) is 44.9 Å². The van der Waals surface area contributed by atoms with Gasteiger partial charge in [-0.05, 0) is 51.4 Å². The summed E-state index contributed by atoms with van der Waals surface area (Å²) in [5, 5.41) is 0. The van der Waals surface area contributed by atoms with E-state index in [1.54, 1.807) is 0 Å². The minimum absolute atomic E-state index is 0.0411. The van der Waals surface area contributed by atoms with Gasteiger partial charge in [-0.3, -0.25) is 18.6 Å². The molecule has 0 aromatic carbocycles. The van der Waals surface area contributed by atoms with Gasteiger partial charge in [-0.25, -0.2) is 4.57 Å². The first-order valence-corrected chi connectivity index (χ1v) is 27.3. The molecule has 0 aliphatic carbocycles. The first kappa shape index (κ1) is 60.7. The average molecular weight is 906 g/mol. The lowest BCUT2D eigenvalue weighted by atomic mass is 10.0. The van der Waals surface area contributed by atoms with Crippen molar-refractivity contribution in [3.8, 4) is 0 Å². The Bertz CT molecular complexity index is 1220. The summed E-state index contributed by atoms with van der Waals surface area (Å²) in [7, 11) is -4.40. The zero-order valence-corrected chi connectivity index (χ0v) is 41.4. The van der Waals surface area contributed by atoms with E-state index in [-0.39, 0.29) is 32.6 Å². The number of carbonyl (C=O) groups is 2. The molecule has 0 heterocycles. The number of unbranched alkanes of at least 4 members (excludes halogenated alkanes) is 25. The Kier molecular flexibility index (Phi) is 47.4. The van der Waals surface area contributed by atoms with E-state index in [0.29, 0.717) is 6.42 Å².